The van der Waals surface area contributed by atoms with Crippen LogP contribution in [0.5, 0.6) is 0 Å². The first-order valence-corrected chi connectivity index (χ1v) is 6.85. The van der Waals surface area contributed by atoms with E-state index in [1.807, 2.05) is 6.07 Å². The molecule has 1 aliphatic rings. The summed E-state index contributed by atoms with van der Waals surface area (Å²) >= 11 is 0. The maximum absolute atomic E-state index is 11.3. The monoisotopic (exact) mass is 261 g/mol. The zero-order chi connectivity index (χ0) is 13.9. The van der Waals surface area contributed by atoms with E-state index in [-0.39, 0.29) is 11.4 Å². The maximum atomic E-state index is 11.3. The van der Waals surface area contributed by atoms with Gasteiger partial charge in [-0.3, -0.25) is 4.79 Å². The number of amides is 1. The second-order valence-electron chi connectivity index (χ2n) is 5.99. The summed E-state index contributed by atoms with van der Waals surface area (Å²) in [6.45, 7) is 5.91. The highest BCUT2D eigenvalue weighted by molar-refractivity contribution is 5.99. The summed E-state index contributed by atoms with van der Waals surface area (Å²) in [6.07, 6.45) is 2.60. The molecule has 1 heterocycles. The Morgan fingerprint density at radius 2 is 2.21 bits per heavy atom. The van der Waals surface area contributed by atoms with Crippen LogP contribution in [0.2, 0.25) is 0 Å². The molecule has 104 valence electrons. The molecule has 19 heavy (non-hydrogen) atoms. The van der Waals surface area contributed by atoms with E-state index in [1.165, 1.54) is 5.56 Å². The SMILES string of the molecule is CC(C)(N)CCCNCc1ccc2c(c1)CC(=O)N2. The topological polar surface area (TPSA) is 67.1 Å². The fourth-order valence-corrected chi connectivity index (χ4v) is 2.29. The fourth-order valence-electron chi connectivity index (χ4n) is 2.29. The average molecular weight is 261 g/mol. The lowest BCUT2D eigenvalue weighted by Gasteiger charge is -2.18. The third kappa shape index (κ3) is 4.33. The predicted molar refractivity (Wildman–Crippen MR) is 78.0 cm³/mol. The van der Waals surface area contributed by atoms with Crippen molar-refractivity contribution in [3.05, 3.63) is 29.3 Å². The molecule has 0 radical (unpaired) electrons. The van der Waals surface area contributed by atoms with Gasteiger partial charge in [-0.2, -0.15) is 0 Å². The van der Waals surface area contributed by atoms with Crippen molar-refractivity contribution in [2.24, 2.45) is 5.73 Å². The molecule has 4 heteroatoms. The highest BCUT2D eigenvalue weighted by Gasteiger charge is 2.17. The van der Waals surface area contributed by atoms with Gasteiger partial charge in [-0.25, -0.2) is 0 Å². The summed E-state index contributed by atoms with van der Waals surface area (Å²) in [5, 5.41) is 6.26. The number of rotatable bonds is 6. The number of nitrogens with one attached hydrogen (secondary N) is 2. The van der Waals surface area contributed by atoms with Crippen molar-refractivity contribution >= 4 is 11.6 Å². The van der Waals surface area contributed by atoms with Crippen LogP contribution in [0, 0.1) is 0 Å². The van der Waals surface area contributed by atoms with E-state index in [2.05, 4.69) is 36.6 Å². The lowest BCUT2D eigenvalue weighted by molar-refractivity contribution is -0.115. The largest absolute Gasteiger partial charge is 0.326 e. The van der Waals surface area contributed by atoms with Gasteiger partial charge in [0.2, 0.25) is 5.91 Å². The van der Waals surface area contributed by atoms with E-state index in [0.29, 0.717) is 6.42 Å². The van der Waals surface area contributed by atoms with Gasteiger partial charge >= 0.3 is 0 Å². The van der Waals surface area contributed by atoms with E-state index >= 15 is 0 Å². The Bertz CT molecular complexity index is 463. The van der Waals surface area contributed by atoms with Crippen LogP contribution in [0.4, 0.5) is 5.69 Å². The van der Waals surface area contributed by atoms with Crippen LogP contribution in [-0.2, 0) is 17.8 Å². The lowest BCUT2D eigenvalue weighted by atomic mass is 10.0. The van der Waals surface area contributed by atoms with Crippen molar-refractivity contribution in [3.63, 3.8) is 0 Å². The maximum Gasteiger partial charge on any atom is 0.228 e. The number of hydrogen-bond acceptors (Lipinski definition) is 3. The van der Waals surface area contributed by atoms with Gasteiger partial charge in [-0.05, 0) is 50.4 Å². The van der Waals surface area contributed by atoms with Gasteiger partial charge in [0.15, 0.2) is 0 Å². The minimum Gasteiger partial charge on any atom is -0.326 e. The molecular formula is C15H23N3O. The van der Waals surface area contributed by atoms with Gasteiger partial charge in [0, 0.05) is 17.8 Å². The smallest absolute Gasteiger partial charge is 0.228 e. The molecule has 0 bridgehead atoms. The van der Waals surface area contributed by atoms with Crippen LogP contribution >= 0.6 is 0 Å². The molecule has 4 N–H and O–H groups in total. The molecule has 0 saturated heterocycles. The zero-order valence-corrected chi connectivity index (χ0v) is 11.8. The van der Waals surface area contributed by atoms with Crippen LogP contribution in [0.25, 0.3) is 0 Å². The first-order chi connectivity index (χ1) is 8.94. The number of carbonyl (C=O) groups excluding carboxylic acids is 1. The van der Waals surface area contributed by atoms with Gasteiger partial charge in [0.05, 0.1) is 6.42 Å². The van der Waals surface area contributed by atoms with Crippen molar-refractivity contribution in [2.45, 2.75) is 45.2 Å². The third-order valence-corrected chi connectivity index (χ3v) is 3.30. The van der Waals surface area contributed by atoms with Crippen molar-refractivity contribution in [2.75, 3.05) is 11.9 Å². The van der Waals surface area contributed by atoms with Crippen molar-refractivity contribution in [1.82, 2.24) is 5.32 Å². The quantitative estimate of drug-likeness (QED) is 0.684. The Morgan fingerprint density at radius 3 is 2.95 bits per heavy atom. The molecule has 4 nitrogen and oxygen atoms in total. The van der Waals surface area contributed by atoms with Gasteiger partial charge in [-0.15, -0.1) is 0 Å². The van der Waals surface area contributed by atoms with Crippen molar-refractivity contribution in [3.8, 4) is 0 Å². The van der Waals surface area contributed by atoms with Crippen LogP contribution in [-0.4, -0.2) is 18.0 Å². The van der Waals surface area contributed by atoms with Crippen LogP contribution < -0.4 is 16.4 Å². The molecule has 0 aromatic heterocycles. The molecule has 0 spiro atoms. The number of fused-ring (bicyclic) bond motifs is 1. The number of anilines is 1. The van der Waals surface area contributed by atoms with Gasteiger partial charge < -0.3 is 16.4 Å². The van der Waals surface area contributed by atoms with E-state index in [0.717, 1.165) is 37.2 Å². The molecule has 0 aliphatic carbocycles. The molecule has 1 amide bonds. The normalized spacial score (nSPS) is 14.4. The van der Waals surface area contributed by atoms with Crippen molar-refractivity contribution < 1.29 is 4.79 Å². The Labute approximate surface area is 114 Å². The summed E-state index contributed by atoms with van der Waals surface area (Å²) in [5.74, 6) is 0.0882. The minimum atomic E-state index is -0.0821. The summed E-state index contributed by atoms with van der Waals surface area (Å²) in [6, 6.07) is 6.15. The van der Waals surface area contributed by atoms with E-state index < -0.39 is 0 Å². The second kappa shape index (κ2) is 5.72. The third-order valence-electron chi connectivity index (χ3n) is 3.30. The average Bonchev–Trinajstić information content (AvgIpc) is 2.66. The Morgan fingerprint density at radius 1 is 1.42 bits per heavy atom. The van der Waals surface area contributed by atoms with Gasteiger partial charge in [0.25, 0.3) is 0 Å². The number of carbonyl (C=O) groups is 1. The molecule has 0 saturated carbocycles. The fraction of sp³-hybridized carbons (Fsp3) is 0.533. The second-order valence-corrected chi connectivity index (χ2v) is 5.99. The number of nitrogens with two attached hydrogens (primary N) is 1. The molecular weight excluding hydrogens is 238 g/mol. The first-order valence-electron chi connectivity index (χ1n) is 6.85. The molecule has 0 fully saturated rings. The van der Waals surface area contributed by atoms with Crippen LogP contribution in [0.3, 0.4) is 0 Å². The molecule has 0 atom stereocenters. The van der Waals surface area contributed by atoms with Gasteiger partial charge in [0.1, 0.15) is 0 Å². The van der Waals surface area contributed by atoms with E-state index in [4.69, 9.17) is 5.73 Å². The number of hydrogen-bond donors (Lipinski definition) is 3. The Kier molecular flexibility index (Phi) is 4.22. The lowest BCUT2D eigenvalue weighted by Crippen LogP contribution is -2.32. The van der Waals surface area contributed by atoms with E-state index in [9.17, 15) is 4.79 Å². The van der Waals surface area contributed by atoms with Crippen molar-refractivity contribution in [1.29, 1.82) is 0 Å². The van der Waals surface area contributed by atoms with Crippen LogP contribution in [0.1, 0.15) is 37.8 Å². The molecule has 0 unspecified atom stereocenters. The Balaban J connectivity index is 1.75. The summed E-state index contributed by atoms with van der Waals surface area (Å²) in [7, 11) is 0. The van der Waals surface area contributed by atoms with Gasteiger partial charge in [-0.1, -0.05) is 12.1 Å². The predicted octanol–water partition coefficient (Wildman–Crippen LogP) is 1.79. The highest BCUT2D eigenvalue weighted by Crippen LogP contribution is 2.23. The zero-order valence-electron chi connectivity index (χ0n) is 11.8. The Hall–Kier alpha value is -1.39. The summed E-state index contributed by atoms with van der Waals surface area (Å²) in [4.78, 5) is 11.3. The first kappa shape index (κ1) is 14.0. The molecule has 1 aromatic carbocycles. The highest BCUT2D eigenvalue weighted by atomic mass is 16.1. The molecule has 1 aromatic rings. The minimum absolute atomic E-state index is 0.0821. The van der Waals surface area contributed by atoms with E-state index in [1.54, 1.807) is 0 Å². The van der Waals surface area contributed by atoms with Crippen LogP contribution in [0.15, 0.2) is 18.2 Å². The standard InChI is InChI=1S/C15H23N3O/c1-15(2,16)6-3-7-17-10-11-4-5-13-12(8-11)9-14(19)18-13/h4-5,8,17H,3,6-7,9-10,16H2,1-2H3,(H,18,19). The number of benzene rings is 1. The summed E-state index contributed by atoms with van der Waals surface area (Å²) < 4.78 is 0. The molecule has 1 aliphatic heterocycles. The molecule has 2 rings (SSSR count). The summed E-state index contributed by atoms with van der Waals surface area (Å²) in [5.41, 5.74) is 9.14.